The number of guanidine groups is 1. The normalized spacial score (nSPS) is 22.8. The monoisotopic (exact) mass is 540 g/mol. The first kappa shape index (κ1) is 27.8. The molecule has 2 unspecified atom stereocenters. The lowest BCUT2D eigenvalue weighted by Crippen LogP contribution is -2.49. The van der Waals surface area contributed by atoms with E-state index in [4.69, 9.17) is 4.74 Å². The zero-order valence-corrected chi connectivity index (χ0v) is 21.9. The summed E-state index contributed by atoms with van der Waals surface area (Å²) in [6.07, 6.45) is 0. The molecule has 0 saturated carbocycles. The molecule has 0 radical (unpaired) electrons. The van der Waals surface area contributed by atoms with Gasteiger partial charge in [0.05, 0.1) is 25.4 Å². The van der Waals surface area contributed by atoms with Crippen LogP contribution in [0.1, 0.15) is 27.7 Å². The molecule has 0 aromatic heterocycles. The van der Waals surface area contributed by atoms with Crippen LogP contribution in [0.4, 0.5) is 0 Å². The minimum atomic E-state index is -0.843. The van der Waals surface area contributed by atoms with E-state index in [0.29, 0.717) is 19.0 Å². The highest BCUT2D eigenvalue weighted by atomic mass is 127. The van der Waals surface area contributed by atoms with Crippen molar-refractivity contribution in [2.45, 2.75) is 33.3 Å². The summed E-state index contributed by atoms with van der Waals surface area (Å²) in [6.45, 7) is 21.4. The van der Waals surface area contributed by atoms with E-state index < -0.39 is 5.60 Å². The average Bonchev–Trinajstić information content (AvgIpc) is 2.71. The van der Waals surface area contributed by atoms with Crippen LogP contribution in [0.2, 0.25) is 0 Å². The first-order valence-corrected chi connectivity index (χ1v) is 11.4. The molecule has 178 valence electrons. The van der Waals surface area contributed by atoms with Crippen LogP contribution in [-0.4, -0.2) is 123 Å². The number of aliphatic imine (C=N–C) groups is 1. The molecule has 0 aromatic rings. The molecule has 2 heterocycles. The summed E-state index contributed by atoms with van der Waals surface area (Å²) in [5, 5.41) is 17.5. The number of halogens is 1. The van der Waals surface area contributed by atoms with Gasteiger partial charge in [-0.05, 0) is 26.3 Å². The number of aliphatic hydroxyl groups is 1. The Labute approximate surface area is 200 Å². The highest BCUT2D eigenvalue weighted by Gasteiger charge is 2.25. The molecule has 0 aliphatic carbocycles. The number of piperazine rings is 1. The molecular formula is C21H45IN6O2. The maximum Gasteiger partial charge on any atom is 0.191 e. The first-order valence-electron chi connectivity index (χ1n) is 11.4. The van der Waals surface area contributed by atoms with Crippen molar-refractivity contribution in [2.75, 3.05) is 91.8 Å². The van der Waals surface area contributed by atoms with Crippen LogP contribution in [0, 0.1) is 5.92 Å². The largest absolute Gasteiger partial charge is 0.387 e. The minimum absolute atomic E-state index is 0. The highest BCUT2D eigenvalue weighted by Crippen LogP contribution is 2.09. The minimum Gasteiger partial charge on any atom is -0.387 e. The van der Waals surface area contributed by atoms with E-state index in [-0.39, 0.29) is 24.0 Å². The van der Waals surface area contributed by atoms with Gasteiger partial charge in [0.15, 0.2) is 5.96 Å². The molecule has 3 N–H and O–H groups in total. The number of hydrogen-bond acceptors (Lipinski definition) is 6. The van der Waals surface area contributed by atoms with Crippen LogP contribution >= 0.6 is 24.0 Å². The van der Waals surface area contributed by atoms with Crippen LogP contribution in [0.3, 0.4) is 0 Å². The zero-order valence-electron chi connectivity index (χ0n) is 19.5. The van der Waals surface area contributed by atoms with Gasteiger partial charge < -0.3 is 30.3 Å². The third kappa shape index (κ3) is 10.9. The van der Waals surface area contributed by atoms with E-state index in [0.717, 1.165) is 71.5 Å². The molecule has 0 spiro atoms. The quantitative estimate of drug-likeness (QED) is 0.212. The standard InChI is InChI=1S/C21H44N6O2.HI/c1-5-22-20(24-17-21(4,28)18-27-11-13-29-14-12-27)23-15-19(3)16-26-9-7-25(6-2)8-10-26;/h19,28H,5-18H2,1-4H3,(H2,22,23,24);1H. The number of morpholine rings is 1. The smallest absolute Gasteiger partial charge is 0.191 e. The average molecular weight is 541 g/mol. The number of ether oxygens (including phenoxy) is 1. The molecule has 8 nitrogen and oxygen atoms in total. The second kappa shape index (κ2) is 14.8. The molecule has 9 heteroatoms. The van der Waals surface area contributed by atoms with Gasteiger partial charge in [0, 0.05) is 65.4 Å². The van der Waals surface area contributed by atoms with Crippen LogP contribution < -0.4 is 10.6 Å². The van der Waals surface area contributed by atoms with Gasteiger partial charge in [-0.15, -0.1) is 24.0 Å². The Morgan fingerprint density at radius 3 is 2.27 bits per heavy atom. The molecule has 0 bridgehead atoms. The maximum absolute atomic E-state index is 10.8. The zero-order chi connectivity index (χ0) is 21.1. The van der Waals surface area contributed by atoms with Gasteiger partial charge in [-0.1, -0.05) is 13.8 Å². The molecule has 2 fully saturated rings. The van der Waals surface area contributed by atoms with Gasteiger partial charge in [0.1, 0.15) is 0 Å². The van der Waals surface area contributed by atoms with Crippen LogP contribution in [0.25, 0.3) is 0 Å². The lowest BCUT2D eigenvalue weighted by Gasteiger charge is -2.35. The lowest BCUT2D eigenvalue weighted by atomic mass is 10.1. The Kier molecular flexibility index (Phi) is 13.7. The summed E-state index contributed by atoms with van der Waals surface area (Å²) >= 11 is 0. The second-order valence-electron chi connectivity index (χ2n) is 8.80. The molecule has 2 saturated heterocycles. The van der Waals surface area contributed by atoms with E-state index >= 15 is 0 Å². The molecule has 2 atom stereocenters. The van der Waals surface area contributed by atoms with Gasteiger partial charge in [-0.2, -0.15) is 0 Å². The maximum atomic E-state index is 10.8. The molecule has 2 aliphatic heterocycles. The van der Waals surface area contributed by atoms with Gasteiger partial charge >= 0.3 is 0 Å². The predicted molar refractivity (Wildman–Crippen MR) is 135 cm³/mol. The van der Waals surface area contributed by atoms with E-state index in [2.05, 4.69) is 51.1 Å². The number of nitrogens with zero attached hydrogens (tertiary/aromatic N) is 4. The van der Waals surface area contributed by atoms with Crippen molar-refractivity contribution in [2.24, 2.45) is 10.9 Å². The summed E-state index contributed by atoms with van der Waals surface area (Å²) in [6, 6.07) is 0. The Hall–Kier alpha value is -0.200. The van der Waals surface area contributed by atoms with E-state index in [1.54, 1.807) is 0 Å². The Balaban J connectivity index is 0.00000450. The SMILES string of the molecule is CCNC(=NCC(C)(O)CN1CCOCC1)NCC(C)CN1CCN(CC)CC1.I. The van der Waals surface area contributed by atoms with Gasteiger partial charge in [0.25, 0.3) is 0 Å². The molecular weight excluding hydrogens is 495 g/mol. The Bertz CT molecular complexity index is 480. The van der Waals surface area contributed by atoms with Gasteiger partial charge in [0.2, 0.25) is 0 Å². The van der Waals surface area contributed by atoms with Crippen molar-refractivity contribution in [3.8, 4) is 0 Å². The van der Waals surface area contributed by atoms with Crippen molar-refractivity contribution < 1.29 is 9.84 Å². The van der Waals surface area contributed by atoms with Crippen LogP contribution in [0.15, 0.2) is 4.99 Å². The number of likely N-dealkylation sites (N-methyl/N-ethyl adjacent to an activating group) is 1. The van der Waals surface area contributed by atoms with Crippen molar-refractivity contribution in [3.05, 3.63) is 0 Å². The third-order valence-corrected chi connectivity index (χ3v) is 5.69. The summed E-state index contributed by atoms with van der Waals surface area (Å²) < 4.78 is 5.39. The third-order valence-electron chi connectivity index (χ3n) is 5.69. The Morgan fingerprint density at radius 2 is 1.67 bits per heavy atom. The topological polar surface area (TPSA) is 75.6 Å². The Morgan fingerprint density at radius 1 is 1.03 bits per heavy atom. The lowest BCUT2D eigenvalue weighted by molar-refractivity contribution is -0.0180. The summed E-state index contributed by atoms with van der Waals surface area (Å²) in [4.78, 5) is 12.0. The predicted octanol–water partition coefficient (Wildman–Crippen LogP) is 0.516. The fourth-order valence-corrected chi connectivity index (χ4v) is 3.95. The summed E-state index contributed by atoms with van der Waals surface area (Å²) in [5.41, 5.74) is -0.843. The first-order chi connectivity index (χ1) is 13.9. The molecule has 0 aromatic carbocycles. The van der Waals surface area contributed by atoms with E-state index in [1.807, 2.05) is 6.92 Å². The molecule has 0 amide bonds. The fourth-order valence-electron chi connectivity index (χ4n) is 3.95. The van der Waals surface area contributed by atoms with Crippen molar-refractivity contribution in [3.63, 3.8) is 0 Å². The highest BCUT2D eigenvalue weighted by molar-refractivity contribution is 14.0. The summed E-state index contributed by atoms with van der Waals surface area (Å²) in [7, 11) is 0. The van der Waals surface area contributed by atoms with Gasteiger partial charge in [-0.3, -0.25) is 9.89 Å². The van der Waals surface area contributed by atoms with Crippen LogP contribution in [-0.2, 0) is 4.74 Å². The van der Waals surface area contributed by atoms with E-state index in [1.165, 1.54) is 13.1 Å². The molecule has 2 aliphatic rings. The number of hydrogen-bond donors (Lipinski definition) is 3. The number of β-amino-alcohol motifs (C(OH)–C–C–N with tert-alkyl or cyclic N) is 1. The van der Waals surface area contributed by atoms with Crippen molar-refractivity contribution >= 4 is 29.9 Å². The fraction of sp³-hybridized carbons (Fsp3) is 0.952. The van der Waals surface area contributed by atoms with Crippen molar-refractivity contribution in [1.82, 2.24) is 25.3 Å². The van der Waals surface area contributed by atoms with E-state index in [9.17, 15) is 5.11 Å². The molecule has 2 rings (SSSR count). The van der Waals surface area contributed by atoms with Gasteiger partial charge in [-0.25, -0.2) is 0 Å². The van der Waals surface area contributed by atoms with Crippen molar-refractivity contribution in [1.29, 1.82) is 0 Å². The number of rotatable bonds is 10. The summed E-state index contributed by atoms with van der Waals surface area (Å²) in [5.74, 6) is 1.33. The number of nitrogens with one attached hydrogen (secondary N) is 2. The second-order valence-corrected chi connectivity index (χ2v) is 8.80. The van der Waals surface area contributed by atoms with Crippen LogP contribution in [0.5, 0.6) is 0 Å². The molecule has 30 heavy (non-hydrogen) atoms.